The number of carbonyl (C=O) groups excluding carboxylic acids is 1. The molecule has 6 nitrogen and oxygen atoms in total. The highest BCUT2D eigenvalue weighted by atomic mass is 32.1. The SMILES string of the molecule is O=C(NN=Cc1ccc([N+](=O)[O-])s1)C1C2CCCCC21. The fourth-order valence-electron chi connectivity index (χ4n) is 3.12. The predicted molar refractivity (Wildman–Crippen MR) is 75.6 cm³/mol. The number of thiophene rings is 1. The molecule has 1 aromatic rings. The van der Waals surface area contributed by atoms with Gasteiger partial charge < -0.3 is 0 Å². The van der Waals surface area contributed by atoms with Gasteiger partial charge in [-0.25, -0.2) is 5.43 Å². The normalized spacial score (nSPS) is 28.1. The van der Waals surface area contributed by atoms with E-state index in [2.05, 4.69) is 10.5 Å². The summed E-state index contributed by atoms with van der Waals surface area (Å²) in [6, 6.07) is 3.05. The zero-order chi connectivity index (χ0) is 14.1. The van der Waals surface area contributed by atoms with Crippen molar-refractivity contribution in [3.8, 4) is 0 Å². The number of nitro groups is 1. The first kappa shape index (κ1) is 13.2. The summed E-state index contributed by atoms with van der Waals surface area (Å²) in [5.41, 5.74) is 2.56. The maximum absolute atomic E-state index is 11.9. The maximum atomic E-state index is 11.9. The monoisotopic (exact) mass is 293 g/mol. The number of hydrazone groups is 1. The number of nitrogens with zero attached hydrogens (tertiary/aromatic N) is 2. The van der Waals surface area contributed by atoms with Crippen molar-refractivity contribution in [3.05, 3.63) is 27.1 Å². The molecule has 1 heterocycles. The van der Waals surface area contributed by atoms with Gasteiger partial charge in [-0.3, -0.25) is 14.9 Å². The van der Waals surface area contributed by atoms with Crippen LogP contribution in [0.2, 0.25) is 0 Å². The summed E-state index contributed by atoms with van der Waals surface area (Å²) in [6.07, 6.45) is 6.23. The number of rotatable bonds is 4. The Labute approximate surface area is 120 Å². The summed E-state index contributed by atoms with van der Waals surface area (Å²) in [6.45, 7) is 0. The molecule has 0 aromatic carbocycles. The Morgan fingerprint density at radius 1 is 1.40 bits per heavy atom. The Balaban J connectivity index is 1.52. The standard InChI is InChI=1S/C13H15N3O3S/c17-13(12-9-3-1-2-4-10(9)12)15-14-7-8-5-6-11(20-8)16(18)19/h5-7,9-10,12H,1-4H2,(H,15,17). The summed E-state index contributed by atoms with van der Waals surface area (Å²) in [7, 11) is 0. The number of amides is 1. The lowest BCUT2D eigenvalue weighted by atomic mass is 10.0. The molecular formula is C13H15N3O3S. The molecule has 0 saturated heterocycles. The third-order valence-corrected chi connectivity index (χ3v) is 5.09. The molecule has 0 radical (unpaired) electrons. The van der Waals surface area contributed by atoms with Crippen LogP contribution in [0.4, 0.5) is 5.00 Å². The molecule has 0 bridgehead atoms. The van der Waals surface area contributed by atoms with Crippen molar-refractivity contribution in [2.24, 2.45) is 22.9 Å². The number of nitrogens with one attached hydrogen (secondary N) is 1. The van der Waals surface area contributed by atoms with E-state index in [9.17, 15) is 14.9 Å². The smallest absolute Gasteiger partial charge is 0.273 e. The zero-order valence-corrected chi connectivity index (χ0v) is 11.6. The molecule has 106 valence electrons. The maximum Gasteiger partial charge on any atom is 0.324 e. The van der Waals surface area contributed by atoms with Crippen LogP contribution in [0.15, 0.2) is 17.2 Å². The predicted octanol–water partition coefficient (Wildman–Crippen LogP) is 2.54. The van der Waals surface area contributed by atoms with Gasteiger partial charge in [-0.2, -0.15) is 5.10 Å². The van der Waals surface area contributed by atoms with Gasteiger partial charge in [0.2, 0.25) is 5.91 Å². The molecule has 2 fully saturated rings. The van der Waals surface area contributed by atoms with Crippen molar-refractivity contribution in [3.63, 3.8) is 0 Å². The van der Waals surface area contributed by atoms with Crippen molar-refractivity contribution in [2.75, 3.05) is 0 Å². The number of carbonyl (C=O) groups is 1. The highest BCUT2D eigenvalue weighted by Gasteiger charge is 2.54. The highest BCUT2D eigenvalue weighted by Crippen LogP contribution is 2.55. The summed E-state index contributed by atoms with van der Waals surface area (Å²) < 4.78 is 0. The van der Waals surface area contributed by atoms with Crippen LogP contribution >= 0.6 is 11.3 Å². The van der Waals surface area contributed by atoms with E-state index in [1.165, 1.54) is 25.1 Å². The minimum Gasteiger partial charge on any atom is -0.273 e. The van der Waals surface area contributed by atoms with Gasteiger partial charge in [-0.1, -0.05) is 24.2 Å². The molecule has 2 atom stereocenters. The summed E-state index contributed by atoms with van der Waals surface area (Å²) in [4.78, 5) is 22.7. The number of fused-ring (bicyclic) bond motifs is 1. The molecule has 2 aliphatic rings. The fourth-order valence-corrected chi connectivity index (χ4v) is 3.82. The molecule has 1 amide bonds. The van der Waals surface area contributed by atoms with E-state index < -0.39 is 4.92 Å². The summed E-state index contributed by atoms with van der Waals surface area (Å²) in [5, 5.41) is 14.5. The minimum absolute atomic E-state index is 0.00999. The Hall–Kier alpha value is -1.76. The van der Waals surface area contributed by atoms with E-state index in [0.29, 0.717) is 16.7 Å². The minimum atomic E-state index is -0.435. The van der Waals surface area contributed by atoms with Crippen LogP contribution < -0.4 is 5.43 Å². The lowest BCUT2D eigenvalue weighted by Gasteiger charge is -2.04. The van der Waals surface area contributed by atoms with Crippen LogP contribution in [0.25, 0.3) is 0 Å². The van der Waals surface area contributed by atoms with Crippen molar-refractivity contribution in [1.29, 1.82) is 0 Å². The zero-order valence-electron chi connectivity index (χ0n) is 10.8. The van der Waals surface area contributed by atoms with Crippen LogP contribution in [-0.4, -0.2) is 17.0 Å². The van der Waals surface area contributed by atoms with Gasteiger partial charge in [-0.15, -0.1) is 0 Å². The third-order valence-electron chi connectivity index (χ3n) is 4.12. The van der Waals surface area contributed by atoms with Gasteiger partial charge in [0.15, 0.2) is 0 Å². The molecular weight excluding hydrogens is 278 g/mol. The number of hydrogen-bond donors (Lipinski definition) is 1. The van der Waals surface area contributed by atoms with Crippen LogP contribution in [0.1, 0.15) is 30.6 Å². The molecule has 1 aromatic heterocycles. The second-order valence-electron chi connectivity index (χ2n) is 5.31. The van der Waals surface area contributed by atoms with E-state index >= 15 is 0 Å². The van der Waals surface area contributed by atoms with Crippen LogP contribution in [-0.2, 0) is 4.79 Å². The first-order chi connectivity index (χ1) is 9.66. The van der Waals surface area contributed by atoms with E-state index in [1.54, 1.807) is 6.07 Å². The van der Waals surface area contributed by atoms with Crippen LogP contribution in [0.3, 0.4) is 0 Å². The van der Waals surface area contributed by atoms with Crippen molar-refractivity contribution in [2.45, 2.75) is 25.7 Å². The molecule has 7 heteroatoms. The average molecular weight is 293 g/mol. The third kappa shape index (κ3) is 2.58. The van der Waals surface area contributed by atoms with Crippen molar-refractivity contribution < 1.29 is 9.72 Å². The van der Waals surface area contributed by atoms with Crippen LogP contribution in [0.5, 0.6) is 0 Å². The molecule has 0 spiro atoms. The first-order valence-electron chi connectivity index (χ1n) is 6.74. The Kier molecular flexibility index (Phi) is 3.52. The Morgan fingerprint density at radius 2 is 2.10 bits per heavy atom. The van der Waals surface area contributed by atoms with Crippen molar-refractivity contribution in [1.82, 2.24) is 5.43 Å². The van der Waals surface area contributed by atoms with E-state index in [4.69, 9.17) is 0 Å². The van der Waals surface area contributed by atoms with Gasteiger partial charge in [-0.05, 0) is 30.7 Å². The lowest BCUT2D eigenvalue weighted by molar-refractivity contribution is -0.380. The second kappa shape index (κ2) is 5.32. The second-order valence-corrected chi connectivity index (χ2v) is 6.40. The molecule has 0 aliphatic heterocycles. The van der Waals surface area contributed by atoms with E-state index in [0.717, 1.165) is 24.2 Å². The first-order valence-corrected chi connectivity index (χ1v) is 7.55. The Bertz CT molecular complexity index is 557. The largest absolute Gasteiger partial charge is 0.324 e. The fraction of sp³-hybridized carbons (Fsp3) is 0.538. The molecule has 20 heavy (non-hydrogen) atoms. The van der Waals surface area contributed by atoms with Gasteiger partial charge >= 0.3 is 5.00 Å². The van der Waals surface area contributed by atoms with Gasteiger partial charge in [0, 0.05) is 12.0 Å². The average Bonchev–Trinajstić information content (AvgIpc) is 2.97. The summed E-state index contributed by atoms with van der Waals surface area (Å²) in [5.74, 6) is 1.24. The molecule has 2 aliphatic carbocycles. The van der Waals surface area contributed by atoms with Crippen LogP contribution in [0, 0.1) is 27.9 Å². The molecule has 3 rings (SSSR count). The Morgan fingerprint density at radius 3 is 2.70 bits per heavy atom. The molecule has 2 saturated carbocycles. The van der Waals surface area contributed by atoms with Gasteiger partial charge in [0.05, 0.1) is 16.0 Å². The molecule has 2 unspecified atom stereocenters. The number of hydrogen-bond acceptors (Lipinski definition) is 5. The van der Waals surface area contributed by atoms with E-state index in [1.807, 2.05) is 0 Å². The quantitative estimate of drug-likeness (QED) is 0.526. The van der Waals surface area contributed by atoms with E-state index in [-0.39, 0.29) is 16.8 Å². The molecule has 1 N–H and O–H groups in total. The topological polar surface area (TPSA) is 84.6 Å². The summed E-state index contributed by atoms with van der Waals surface area (Å²) >= 11 is 1.04. The van der Waals surface area contributed by atoms with Crippen molar-refractivity contribution >= 4 is 28.5 Å². The lowest BCUT2D eigenvalue weighted by Crippen LogP contribution is -2.20. The van der Waals surface area contributed by atoms with Gasteiger partial charge in [0.1, 0.15) is 0 Å². The van der Waals surface area contributed by atoms with Gasteiger partial charge in [0.25, 0.3) is 0 Å². The highest BCUT2D eigenvalue weighted by molar-refractivity contribution is 7.16.